The lowest BCUT2D eigenvalue weighted by molar-refractivity contribution is -0.141. The van der Waals surface area contributed by atoms with Crippen molar-refractivity contribution in [1.82, 2.24) is 39.3 Å². The highest BCUT2D eigenvalue weighted by Crippen LogP contribution is 2.45. The van der Waals surface area contributed by atoms with E-state index in [4.69, 9.17) is 14.5 Å². The van der Waals surface area contributed by atoms with Gasteiger partial charge in [0, 0.05) is 24.7 Å². The smallest absolute Gasteiger partial charge is 0.436 e. The van der Waals surface area contributed by atoms with Gasteiger partial charge in [-0.05, 0) is 41.3 Å². The Morgan fingerprint density at radius 3 is 2.29 bits per heavy atom. The Hall–Kier alpha value is -3.72. The first-order valence-electron chi connectivity index (χ1n) is 12.7. The molecule has 220 valence electrons. The average molecular weight is 664 g/mol. The lowest BCUT2D eigenvalue weighted by Gasteiger charge is -2.15. The minimum Gasteiger partial charge on any atom is -0.480 e. The molecule has 10 nitrogen and oxygen atoms in total. The highest BCUT2D eigenvalue weighted by Gasteiger charge is 2.38. The minimum absolute atomic E-state index is 0. The minimum atomic E-state index is -4.57. The van der Waals surface area contributed by atoms with Gasteiger partial charge in [-0.25, -0.2) is 29.6 Å². The van der Waals surface area contributed by atoms with E-state index in [1.807, 2.05) is 19.1 Å². The van der Waals surface area contributed by atoms with E-state index in [9.17, 15) is 13.2 Å². The van der Waals surface area contributed by atoms with Gasteiger partial charge in [0.1, 0.15) is 27.7 Å². The van der Waals surface area contributed by atoms with Gasteiger partial charge in [0.05, 0.1) is 26.0 Å². The summed E-state index contributed by atoms with van der Waals surface area (Å²) < 4.78 is 54.1. The largest absolute Gasteiger partial charge is 0.480 e. The van der Waals surface area contributed by atoms with Crippen LogP contribution in [0.25, 0.3) is 33.8 Å². The number of imidazole rings is 1. The fourth-order valence-electron chi connectivity index (χ4n) is 4.82. The van der Waals surface area contributed by atoms with Crippen LogP contribution in [0, 0.1) is 0 Å². The number of rotatable bonds is 7. The fourth-order valence-corrected chi connectivity index (χ4v) is 5.30. The van der Waals surface area contributed by atoms with E-state index in [2.05, 4.69) is 41.0 Å². The lowest BCUT2D eigenvalue weighted by atomic mass is 10.1. The van der Waals surface area contributed by atoms with E-state index < -0.39 is 11.9 Å². The molecule has 5 aromatic rings. The third-order valence-electron chi connectivity index (χ3n) is 7.14. The zero-order chi connectivity index (χ0) is 29.1. The fraction of sp³-hybridized carbons (Fsp3) is 0.333. The summed E-state index contributed by atoms with van der Waals surface area (Å²) in [6, 6.07) is 6.82. The van der Waals surface area contributed by atoms with Crippen LogP contribution >= 0.6 is 29.4 Å². The number of aromatic nitrogens is 8. The van der Waals surface area contributed by atoms with Crippen LogP contribution in [-0.2, 0) is 13.2 Å². The summed E-state index contributed by atoms with van der Waals surface area (Å²) in [7, 11) is 4.60. The van der Waals surface area contributed by atoms with E-state index in [0.717, 1.165) is 24.1 Å². The van der Waals surface area contributed by atoms with Crippen LogP contribution in [0.1, 0.15) is 48.7 Å². The Labute approximate surface area is 253 Å². The van der Waals surface area contributed by atoms with Crippen molar-refractivity contribution in [1.29, 1.82) is 0 Å². The quantitative estimate of drug-likeness (QED) is 0.206. The maximum absolute atomic E-state index is 13.4. The standard InChI is InChI=1S/C27H24BrF3N8O2.H2S/c1-13(14-5-9-16(10-6-14)23-35-20(27(29,30)31)21(28)38(23)2)39-24-17(25(37-39)40-3)11-32-22(36-24)18-19(15-7-8-15)33-12-34-26(18)41-4;/h5-6,9-13,15H,7-8H2,1-4H3;1H2/t13-;/m0./s1. The molecule has 6 rings (SSSR count). The zero-order valence-electron chi connectivity index (χ0n) is 22.9. The first-order chi connectivity index (χ1) is 19.6. The second kappa shape index (κ2) is 11.2. The summed E-state index contributed by atoms with van der Waals surface area (Å²) in [5.41, 5.74) is 2.47. The van der Waals surface area contributed by atoms with Crippen LogP contribution in [0.15, 0.2) is 41.4 Å². The van der Waals surface area contributed by atoms with Gasteiger partial charge in [-0.15, -0.1) is 5.10 Å². The highest BCUT2D eigenvalue weighted by atomic mass is 79.9. The Bertz CT molecular complexity index is 1770. The maximum atomic E-state index is 13.4. The molecule has 1 fully saturated rings. The molecule has 0 aliphatic heterocycles. The second-order valence-corrected chi connectivity index (χ2v) is 10.5. The molecule has 0 N–H and O–H groups in total. The van der Waals surface area contributed by atoms with Gasteiger partial charge < -0.3 is 14.0 Å². The zero-order valence-corrected chi connectivity index (χ0v) is 25.5. The monoisotopic (exact) mass is 662 g/mol. The first-order valence-corrected chi connectivity index (χ1v) is 13.5. The number of fused-ring (bicyclic) bond motifs is 1. The van der Waals surface area contributed by atoms with Gasteiger partial charge in [-0.3, -0.25) is 0 Å². The van der Waals surface area contributed by atoms with Gasteiger partial charge in [0.25, 0.3) is 0 Å². The molecule has 1 aliphatic carbocycles. The van der Waals surface area contributed by atoms with Gasteiger partial charge >= 0.3 is 6.18 Å². The molecular weight excluding hydrogens is 637 g/mol. The molecule has 42 heavy (non-hydrogen) atoms. The third kappa shape index (κ3) is 5.08. The number of benzene rings is 1. The predicted molar refractivity (Wildman–Crippen MR) is 157 cm³/mol. The molecule has 0 spiro atoms. The van der Waals surface area contributed by atoms with Crippen LogP contribution in [0.2, 0.25) is 0 Å². The SMILES string of the molecule is COc1ncnc(C2CC2)c1-c1ncc2c(OC)nn([C@@H](C)c3ccc(-c4nc(C(F)(F)F)c(Br)n4C)cc3)c2n1.S. The number of halogens is 4. The molecule has 0 amide bonds. The Balaban J connectivity index is 0.00000353. The van der Waals surface area contributed by atoms with Crippen molar-refractivity contribution in [2.45, 2.75) is 37.9 Å². The van der Waals surface area contributed by atoms with E-state index in [0.29, 0.717) is 45.7 Å². The Morgan fingerprint density at radius 2 is 1.69 bits per heavy atom. The van der Waals surface area contributed by atoms with Gasteiger partial charge in [0.15, 0.2) is 17.2 Å². The molecular formula is C27H26BrF3N8O2S. The van der Waals surface area contributed by atoms with Crippen LogP contribution in [0.4, 0.5) is 13.2 Å². The molecule has 1 aromatic carbocycles. The summed E-state index contributed by atoms with van der Waals surface area (Å²) >= 11 is 3.01. The van der Waals surface area contributed by atoms with Crippen molar-refractivity contribution in [2.24, 2.45) is 7.05 Å². The highest BCUT2D eigenvalue weighted by molar-refractivity contribution is 9.10. The molecule has 0 radical (unpaired) electrons. The molecule has 15 heteroatoms. The first kappa shape index (κ1) is 29.8. The number of ether oxygens (including phenoxy) is 2. The topological polar surface area (TPSA) is 106 Å². The van der Waals surface area contributed by atoms with E-state index in [1.165, 1.54) is 25.1 Å². The predicted octanol–water partition coefficient (Wildman–Crippen LogP) is 6.08. The molecule has 4 heterocycles. The Morgan fingerprint density at radius 1 is 1.00 bits per heavy atom. The molecule has 0 unspecified atom stereocenters. The molecule has 0 bridgehead atoms. The van der Waals surface area contributed by atoms with Gasteiger partial charge in [-0.2, -0.15) is 26.7 Å². The van der Waals surface area contributed by atoms with E-state index >= 15 is 0 Å². The molecule has 4 aromatic heterocycles. The maximum Gasteiger partial charge on any atom is 0.436 e. The number of hydrogen-bond donors (Lipinski definition) is 0. The van der Waals surface area contributed by atoms with Crippen LogP contribution < -0.4 is 9.47 Å². The van der Waals surface area contributed by atoms with Crippen LogP contribution in [0.5, 0.6) is 11.8 Å². The molecule has 1 aliphatic rings. The molecule has 1 atom stereocenters. The van der Waals surface area contributed by atoms with Crippen molar-refractivity contribution in [2.75, 3.05) is 14.2 Å². The summed E-state index contributed by atoms with van der Waals surface area (Å²) in [5.74, 6) is 1.69. The summed E-state index contributed by atoms with van der Waals surface area (Å²) in [4.78, 5) is 22.1. The Kier molecular flexibility index (Phi) is 7.91. The van der Waals surface area contributed by atoms with Crippen molar-refractivity contribution in [3.05, 3.63) is 58.3 Å². The number of hydrogen-bond acceptors (Lipinski definition) is 8. The lowest BCUT2D eigenvalue weighted by Crippen LogP contribution is -2.10. The van der Waals surface area contributed by atoms with Crippen molar-refractivity contribution >= 4 is 40.5 Å². The van der Waals surface area contributed by atoms with Crippen LogP contribution in [-0.4, -0.2) is 53.5 Å². The summed E-state index contributed by atoms with van der Waals surface area (Å²) in [5, 5.41) is 5.28. The third-order valence-corrected chi connectivity index (χ3v) is 8.05. The van der Waals surface area contributed by atoms with Gasteiger partial charge in [0.2, 0.25) is 11.8 Å². The van der Waals surface area contributed by atoms with E-state index in [-0.39, 0.29) is 30.0 Å². The van der Waals surface area contributed by atoms with E-state index in [1.54, 1.807) is 30.1 Å². The molecule has 0 saturated heterocycles. The van der Waals surface area contributed by atoms with Crippen molar-refractivity contribution < 1.29 is 22.6 Å². The number of methoxy groups -OCH3 is 2. The van der Waals surface area contributed by atoms with Gasteiger partial charge in [-0.1, -0.05) is 24.3 Å². The average Bonchev–Trinajstić information content (AvgIpc) is 3.69. The second-order valence-electron chi connectivity index (χ2n) is 9.73. The van der Waals surface area contributed by atoms with Crippen molar-refractivity contribution in [3.8, 4) is 34.5 Å². The normalized spacial score (nSPS) is 14.1. The van der Waals surface area contributed by atoms with Crippen molar-refractivity contribution in [3.63, 3.8) is 0 Å². The number of nitrogens with zero attached hydrogens (tertiary/aromatic N) is 8. The molecule has 1 saturated carbocycles. The summed E-state index contributed by atoms with van der Waals surface area (Å²) in [6.07, 6.45) is 0.638. The van der Waals surface area contributed by atoms with Crippen LogP contribution in [0.3, 0.4) is 0 Å². The number of alkyl halides is 3. The summed E-state index contributed by atoms with van der Waals surface area (Å²) in [6.45, 7) is 1.95.